The highest BCUT2D eigenvalue weighted by atomic mass is 16.5. The Morgan fingerprint density at radius 3 is 1.77 bits per heavy atom. The molecule has 0 saturated carbocycles. The number of carbonyl (C=O) groups excluding carboxylic acids is 1. The number of benzene rings is 1. The van der Waals surface area contributed by atoms with E-state index in [9.17, 15) is 4.79 Å². The number of rotatable bonds is 10. The first-order valence-electron chi connectivity index (χ1n) is 8.92. The molecule has 31 heavy (non-hydrogen) atoms. The molecule has 0 unspecified atom stereocenters. The van der Waals surface area contributed by atoms with Crippen LogP contribution in [0.1, 0.15) is 10.4 Å². The molecule has 11 nitrogen and oxygen atoms in total. The SMILES string of the molecule is COc1cc(OC)nc(OCC(=O)c2cccc(Oc3nc(OC)cc(OC)n3)c2)n1. The minimum atomic E-state index is -0.319. The van der Waals surface area contributed by atoms with Gasteiger partial charge in [-0.25, -0.2) is 0 Å². The fraction of sp³-hybridized carbons (Fsp3) is 0.250. The zero-order valence-electron chi connectivity index (χ0n) is 17.3. The molecule has 3 rings (SSSR count). The average molecular weight is 428 g/mol. The van der Waals surface area contributed by atoms with Crippen LogP contribution in [0.4, 0.5) is 0 Å². The third-order valence-electron chi connectivity index (χ3n) is 3.85. The van der Waals surface area contributed by atoms with Crippen molar-refractivity contribution in [3.8, 4) is 41.3 Å². The number of Topliss-reactive ketones (excluding diaryl/α,β-unsaturated/α-hetero) is 1. The molecule has 11 heteroatoms. The first-order chi connectivity index (χ1) is 15.0. The van der Waals surface area contributed by atoms with Gasteiger partial charge in [0.1, 0.15) is 5.75 Å². The molecule has 0 aliphatic rings. The Hall–Kier alpha value is -4.15. The number of hydrogen-bond donors (Lipinski definition) is 0. The van der Waals surface area contributed by atoms with Crippen molar-refractivity contribution in [1.29, 1.82) is 0 Å². The van der Waals surface area contributed by atoms with E-state index in [0.29, 0.717) is 11.3 Å². The van der Waals surface area contributed by atoms with Crippen molar-refractivity contribution in [2.45, 2.75) is 0 Å². The molecule has 0 spiro atoms. The molecule has 1 aromatic carbocycles. The highest BCUT2D eigenvalue weighted by Gasteiger charge is 2.13. The van der Waals surface area contributed by atoms with Crippen molar-refractivity contribution >= 4 is 5.78 Å². The third kappa shape index (κ3) is 5.69. The maximum Gasteiger partial charge on any atom is 0.328 e. The highest BCUT2D eigenvalue weighted by molar-refractivity contribution is 5.97. The van der Waals surface area contributed by atoms with E-state index in [1.54, 1.807) is 18.2 Å². The fourth-order valence-corrected chi connectivity index (χ4v) is 2.35. The lowest BCUT2D eigenvalue weighted by Crippen LogP contribution is -2.13. The molecule has 0 fully saturated rings. The highest BCUT2D eigenvalue weighted by Crippen LogP contribution is 2.24. The summed E-state index contributed by atoms with van der Waals surface area (Å²) in [4.78, 5) is 28.8. The third-order valence-corrected chi connectivity index (χ3v) is 3.85. The molecule has 3 aromatic rings. The number of aromatic nitrogens is 4. The van der Waals surface area contributed by atoms with Crippen LogP contribution in [0.5, 0.6) is 41.3 Å². The Kier molecular flexibility index (Phi) is 6.99. The normalized spacial score (nSPS) is 10.2. The minimum absolute atomic E-state index is 0.00826. The maximum atomic E-state index is 12.6. The number of methoxy groups -OCH3 is 4. The van der Waals surface area contributed by atoms with E-state index < -0.39 is 0 Å². The molecular formula is C20H20N4O7. The van der Waals surface area contributed by atoms with Crippen LogP contribution in [0.2, 0.25) is 0 Å². The van der Waals surface area contributed by atoms with Gasteiger partial charge in [-0.2, -0.15) is 19.9 Å². The van der Waals surface area contributed by atoms with Crippen molar-refractivity contribution in [3.63, 3.8) is 0 Å². The molecule has 0 aliphatic carbocycles. The topological polar surface area (TPSA) is 124 Å². The summed E-state index contributed by atoms with van der Waals surface area (Å²) in [7, 11) is 5.83. The molecule has 2 heterocycles. The average Bonchev–Trinajstić information content (AvgIpc) is 2.81. The summed E-state index contributed by atoms with van der Waals surface area (Å²) in [6.45, 7) is -0.302. The van der Waals surface area contributed by atoms with E-state index in [1.807, 2.05) is 0 Å². The van der Waals surface area contributed by atoms with Gasteiger partial charge in [0.2, 0.25) is 23.5 Å². The van der Waals surface area contributed by atoms with Crippen LogP contribution in [0.25, 0.3) is 0 Å². The summed E-state index contributed by atoms with van der Waals surface area (Å²) < 4.78 is 31.3. The Bertz CT molecular complexity index is 1020. The summed E-state index contributed by atoms with van der Waals surface area (Å²) in [5.41, 5.74) is 0.349. The molecule has 2 aromatic heterocycles. The minimum Gasteiger partial charge on any atom is -0.481 e. The molecule has 162 valence electrons. The quantitative estimate of drug-likeness (QED) is 0.442. The lowest BCUT2D eigenvalue weighted by atomic mass is 10.1. The summed E-state index contributed by atoms with van der Waals surface area (Å²) in [6, 6.07) is 9.44. The van der Waals surface area contributed by atoms with Crippen LogP contribution in [0, 0.1) is 0 Å². The second kappa shape index (κ2) is 10.1. The summed E-state index contributed by atoms with van der Waals surface area (Å²) >= 11 is 0. The zero-order valence-corrected chi connectivity index (χ0v) is 17.3. The number of ketones is 1. The van der Waals surface area contributed by atoms with Gasteiger partial charge in [-0.3, -0.25) is 4.79 Å². The van der Waals surface area contributed by atoms with Crippen LogP contribution < -0.4 is 28.4 Å². The maximum absolute atomic E-state index is 12.6. The molecule has 0 atom stereocenters. The predicted octanol–water partition coefficient (Wildman–Crippen LogP) is 2.36. The van der Waals surface area contributed by atoms with Gasteiger partial charge in [0.25, 0.3) is 0 Å². The monoisotopic (exact) mass is 428 g/mol. The zero-order chi connectivity index (χ0) is 22.2. The van der Waals surface area contributed by atoms with Crippen molar-refractivity contribution in [2.24, 2.45) is 0 Å². The van der Waals surface area contributed by atoms with Crippen molar-refractivity contribution in [2.75, 3.05) is 35.0 Å². The van der Waals surface area contributed by atoms with Gasteiger partial charge >= 0.3 is 12.0 Å². The lowest BCUT2D eigenvalue weighted by molar-refractivity contribution is 0.0912. The summed E-state index contributed by atoms with van der Waals surface area (Å²) in [5.74, 6) is 1.07. The molecule has 0 radical (unpaired) electrons. The second-order valence-electron chi connectivity index (χ2n) is 5.81. The largest absolute Gasteiger partial charge is 0.481 e. The second-order valence-corrected chi connectivity index (χ2v) is 5.81. The van der Waals surface area contributed by atoms with Gasteiger partial charge in [-0.05, 0) is 12.1 Å². The van der Waals surface area contributed by atoms with Gasteiger partial charge in [-0.1, -0.05) is 12.1 Å². The Labute approximate surface area is 177 Å². The molecule has 0 N–H and O–H groups in total. The van der Waals surface area contributed by atoms with Crippen LogP contribution in [-0.2, 0) is 0 Å². The van der Waals surface area contributed by atoms with Crippen molar-refractivity contribution in [3.05, 3.63) is 42.0 Å². The Morgan fingerprint density at radius 1 is 0.742 bits per heavy atom. The molecule has 0 amide bonds. The standard InChI is InChI=1S/C20H20N4O7/c1-26-15-9-16(27-2)22-19(21-15)30-11-14(25)12-6-5-7-13(8-12)31-20-23-17(28-3)10-18(24-20)29-4/h5-10H,11H2,1-4H3. The van der Waals surface area contributed by atoms with E-state index in [0.717, 1.165) is 0 Å². The first kappa shape index (κ1) is 21.6. The van der Waals surface area contributed by atoms with Crippen molar-refractivity contribution < 1.29 is 33.2 Å². The summed E-state index contributed by atoms with van der Waals surface area (Å²) in [6.07, 6.45) is 0. The van der Waals surface area contributed by atoms with E-state index in [1.165, 1.54) is 46.6 Å². The van der Waals surface area contributed by atoms with Crippen molar-refractivity contribution in [1.82, 2.24) is 19.9 Å². The van der Waals surface area contributed by atoms with Crippen LogP contribution in [-0.4, -0.2) is 60.8 Å². The smallest absolute Gasteiger partial charge is 0.328 e. The van der Waals surface area contributed by atoms with Crippen LogP contribution in [0.15, 0.2) is 36.4 Å². The lowest BCUT2D eigenvalue weighted by Gasteiger charge is -2.09. The Balaban J connectivity index is 1.71. The van der Waals surface area contributed by atoms with Gasteiger partial charge in [0.15, 0.2) is 12.4 Å². The van der Waals surface area contributed by atoms with Crippen LogP contribution in [0.3, 0.4) is 0 Å². The molecule has 0 saturated heterocycles. The predicted molar refractivity (Wildman–Crippen MR) is 107 cm³/mol. The van der Waals surface area contributed by atoms with E-state index in [4.69, 9.17) is 28.4 Å². The summed E-state index contributed by atoms with van der Waals surface area (Å²) in [5, 5.41) is 0. The molecular weight excluding hydrogens is 408 g/mol. The van der Waals surface area contributed by atoms with E-state index in [-0.39, 0.29) is 47.9 Å². The van der Waals surface area contributed by atoms with Gasteiger partial charge < -0.3 is 28.4 Å². The van der Waals surface area contributed by atoms with E-state index in [2.05, 4.69) is 19.9 Å². The number of hydrogen-bond acceptors (Lipinski definition) is 11. The molecule has 0 aliphatic heterocycles. The number of ether oxygens (including phenoxy) is 6. The van der Waals surface area contributed by atoms with E-state index >= 15 is 0 Å². The van der Waals surface area contributed by atoms with Crippen LogP contribution >= 0.6 is 0 Å². The Morgan fingerprint density at radius 2 is 1.26 bits per heavy atom. The number of carbonyl (C=O) groups is 1. The van der Waals surface area contributed by atoms with Gasteiger partial charge in [-0.15, -0.1) is 0 Å². The number of nitrogens with zero attached hydrogens (tertiary/aromatic N) is 4. The molecule has 0 bridgehead atoms. The van der Waals surface area contributed by atoms with Gasteiger partial charge in [0, 0.05) is 5.56 Å². The fourth-order valence-electron chi connectivity index (χ4n) is 2.35. The first-order valence-corrected chi connectivity index (χ1v) is 8.92. The van der Waals surface area contributed by atoms with Gasteiger partial charge in [0.05, 0.1) is 40.6 Å².